The van der Waals surface area contributed by atoms with E-state index >= 15 is 0 Å². The molecular formula is C22H27N3O3S. The molecule has 0 radical (unpaired) electrons. The van der Waals surface area contributed by atoms with Gasteiger partial charge in [0, 0.05) is 30.3 Å². The molecule has 0 unspecified atom stereocenters. The maximum atomic E-state index is 12.9. The average Bonchev–Trinajstić information content (AvgIpc) is 2.66. The molecule has 0 bridgehead atoms. The predicted molar refractivity (Wildman–Crippen MR) is 119 cm³/mol. The van der Waals surface area contributed by atoms with E-state index in [9.17, 15) is 14.4 Å². The van der Waals surface area contributed by atoms with Gasteiger partial charge in [0.05, 0.1) is 16.3 Å². The summed E-state index contributed by atoms with van der Waals surface area (Å²) in [4.78, 5) is 36.4. The molecule has 0 aliphatic heterocycles. The van der Waals surface area contributed by atoms with E-state index in [4.69, 9.17) is 5.73 Å². The van der Waals surface area contributed by atoms with Crippen LogP contribution in [0.15, 0.2) is 41.3 Å². The van der Waals surface area contributed by atoms with Crippen molar-refractivity contribution in [1.82, 2.24) is 0 Å². The van der Waals surface area contributed by atoms with Crippen LogP contribution in [-0.4, -0.2) is 30.4 Å². The van der Waals surface area contributed by atoms with E-state index in [0.29, 0.717) is 41.1 Å². The summed E-state index contributed by atoms with van der Waals surface area (Å²) in [7, 11) is 0. The second-order valence-corrected chi connectivity index (χ2v) is 8.77. The van der Waals surface area contributed by atoms with Crippen LogP contribution in [0.25, 0.3) is 0 Å². The van der Waals surface area contributed by atoms with Gasteiger partial charge in [-0.3, -0.25) is 14.4 Å². The average molecular weight is 414 g/mol. The number of rotatable bonds is 7. The van der Waals surface area contributed by atoms with Crippen molar-refractivity contribution in [1.29, 1.82) is 0 Å². The van der Waals surface area contributed by atoms with Crippen LogP contribution in [-0.2, 0) is 10.2 Å². The van der Waals surface area contributed by atoms with Crippen molar-refractivity contribution in [2.75, 3.05) is 22.9 Å². The molecule has 2 amide bonds. The van der Waals surface area contributed by atoms with E-state index in [1.807, 2.05) is 12.1 Å². The first-order valence-corrected chi connectivity index (χ1v) is 10.3. The van der Waals surface area contributed by atoms with Gasteiger partial charge in [-0.1, -0.05) is 32.9 Å². The zero-order valence-corrected chi connectivity index (χ0v) is 18.0. The smallest absolute Gasteiger partial charge is 0.255 e. The topological polar surface area (TPSA) is 101 Å². The predicted octanol–water partition coefficient (Wildman–Crippen LogP) is 4.06. The third kappa shape index (κ3) is 6.17. The molecule has 2 aromatic carbocycles. The molecule has 0 aliphatic rings. The van der Waals surface area contributed by atoms with Crippen molar-refractivity contribution >= 4 is 41.2 Å². The zero-order chi connectivity index (χ0) is 21.6. The number of amides is 2. The van der Waals surface area contributed by atoms with E-state index in [1.54, 1.807) is 18.2 Å². The molecule has 7 heteroatoms. The first-order chi connectivity index (χ1) is 13.7. The van der Waals surface area contributed by atoms with Gasteiger partial charge in [0.15, 0.2) is 0 Å². The zero-order valence-electron chi connectivity index (χ0n) is 17.2. The van der Waals surface area contributed by atoms with Crippen LogP contribution in [0.1, 0.15) is 54.0 Å². The second kappa shape index (κ2) is 9.71. The van der Waals surface area contributed by atoms with E-state index in [2.05, 4.69) is 31.4 Å². The van der Waals surface area contributed by atoms with Crippen LogP contribution in [0.5, 0.6) is 0 Å². The summed E-state index contributed by atoms with van der Waals surface area (Å²) < 4.78 is 0. The standard InChI is InChI=1S/C22H27N3O3S/c1-14(27)24-18-11-17(22(2,3)4)12-19(20(18)29-9-8-23)25-21(28)16-7-5-6-15(10-16)13-26/h5-7,10-13H,8-9,23H2,1-4H3,(H,24,27)(H,25,28). The van der Waals surface area contributed by atoms with Gasteiger partial charge in [-0.25, -0.2) is 0 Å². The van der Waals surface area contributed by atoms with Crippen LogP contribution >= 0.6 is 11.8 Å². The second-order valence-electron chi connectivity index (χ2n) is 7.67. The van der Waals surface area contributed by atoms with Crippen LogP contribution in [0.3, 0.4) is 0 Å². The minimum Gasteiger partial charge on any atom is -0.330 e. The molecule has 154 valence electrons. The summed E-state index contributed by atoms with van der Waals surface area (Å²) in [5.74, 6) is 0.107. The van der Waals surface area contributed by atoms with E-state index in [0.717, 1.165) is 10.5 Å². The Balaban J connectivity index is 2.54. The Labute approximate surface area is 175 Å². The van der Waals surface area contributed by atoms with Gasteiger partial charge in [-0.15, -0.1) is 11.8 Å². The Hall–Kier alpha value is -2.64. The highest BCUT2D eigenvalue weighted by Gasteiger charge is 2.21. The van der Waals surface area contributed by atoms with Gasteiger partial charge in [0.1, 0.15) is 6.29 Å². The molecule has 0 spiro atoms. The van der Waals surface area contributed by atoms with Crippen LogP contribution in [0.4, 0.5) is 11.4 Å². The number of hydrogen-bond donors (Lipinski definition) is 3. The maximum absolute atomic E-state index is 12.9. The lowest BCUT2D eigenvalue weighted by Gasteiger charge is -2.24. The molecular weight excluding hydrogens is 386 g/mol. The number of anilines is 2. The summed E-state index contributed by atoms with van der Waals surface area (Å²) in [6.45, 7) is 8.09. The number of nitrogens with one attached hydrogen (secondary N) is 2. The minimum absolute atomic E-state index is 0.193. The quantitative estimate of drug-likeness (QED) is 0.469. The Kier molecular flexibility index (Phi) is 7.59. The molecule has 29 heavy (non-hydrogen) atoms. The fourth-order valence-electron chi connectivity index (χ4n) is 2.70. The Morgan fingerprint density at radius 3 is 2.31 bits per heavy atom. The number of thioether (sulfide) groups is 1. The Bertz CT molecular complexity index is 920. The minimum atomic E-state index is -0.330. The van der Waals surface area contributed by atoms with Crippen molar-refractivity contribution in [3.63, 3.8) is 0 Å². The summed E-state index contributed by atoms with van der Waals surface area (Å²) >= 11 is 1.47. The molecule has 2 rings (SSSR count). The number of benzene rings is 2. The SMILES string of the molecule is CC(=O)Nc1cc(C(C)(C)C)cc(NC(=O)c2cccc(C=O)c2)c1SCCN. The van der Waals surface area contributed by atoms with E-state index in [-0.39, 0.29) is 17.2 Å². The lowest BCUT2D eigenvalue weighted by Crippen LogP contribution is -2.18. The lowest BCUT2D eigenvalue weighted by molar-refractivity contribution is -0.114. The van der Waals surface area contributed by atoms with Crippen LogP contribution in [0, 0.1) is 0 Å². The Morgan fingerprint density at radius 2 is 1.76 bits per heavy atom. The first kappa shape index (κ1) is 22.6. The normalized spacial score (nSPS) is 11.1. The molecule has 0 atom stereocenters. The summed E-state index contributed by atoms with van der Waals surface area (Å²) in [6.07, 6.45) is 0.703. The summed E-state index contributed by atoms with van der Waals surface area (Å²) in [5, 5.41) is 5.81. The number of carbonyl (C=O) groups is 3. The van der Waals surface area contributed by atoms with Gasteiger partial charge >= 0.3 is 0 Å². The number of carbonyl (C=O) groups excluding carboxylic acids is 3. The third-order valence-corrected chi connectivity index (χ3v) is 5.33. The van der Waals surface area contributed by atoms with Gasteiger partial charge in [0.25, 0.3) is 5.91 Å². The van der Waals surface area contributed by atoms with Gasteiger partial charge in [0.2, 0.25) is 5.91 Å². The molecule has 2 aromatic rings. The highest BCUT2D eigenvalue weighted by molar-refractivity contribution is 7.99. The summed E-state index contributed by atoms with van der Waals surface area (Å²) in [5.41, 5.74) is 8.49. The van der Waals surface area contributed by atoms with Gasteiger partial charge < -0.3 is 16.4 Å². The largest absolute Gasteiger partial charge is 0.330 e. The van der Waals surface area contributed by atoms with E-state index in [1.165, 1.54) is 24.8 Å². The van der Waals surface area contributed by atoms with Crippen molar-refractivity contribution in [2.24, 2.45) is 5.73 Å². The maximum Gasteiger partial charge on any atom is 0.255 e. The molecule has 0 aromatic heterocycles. The number of nitrogens with two attached hydrogens (primary N) is 1. The Morgan fingerprint density at radius 1 is 1.10 bits per heavy atom. The molecule has 4 N–H and O–H groups in total. The van der Waals surface area contributed by atoms with Gasteiger partial charge in [-0.05, 0) is 35.2 Å². The van der Waals surface area contributed by atoms with Crippen molar-refractivity contribution in [2.45, 2.75) is 38.0 Å². The number of hydrogen-bond acceptors (Lipinski definition) is 5. The molecule has 6 nitrogen and oxygen atoms in total. The highest BCUT2D eigenvalue weighted by Crippen LogP contribution is 2.39. The van der Waals surface area contributed by atoms with Crippen LogP contribution < -0.4 is 16.4 Å². The molecule has 0 heterocycles. The third-order valence-electron chi connectivity index (χ3n) is 4.16. The monoisotopic (exact) mass is 413 g/mol. The fraction of sp³-hybridized carbons (Fsp3) is 0.318. The van der Waals surface area contributed by atoms with Crippen LogP contribution in [0.2, 0.25) is 0 Å². The van der Waals surface area contributed by atoms with Gasteiger partial charge in [-0.2, -0.15) is 0 Å². The first-order valence-electron chi connectivity index (χ1n) is 9.31. The highest BCUT2D eigenvalue weighted by atomic mass is 32.2. The molecule has 0 aliphatic carbocycles. The lowest BCUT2D eigenvalue weighted by atomic mass is 9.86. The van der Waals surface area contributed by atoms with E-state index < -0.39 is 0 Å². The molecule has 0 saturated carbocycles. The number of aldehydes is 1. The van der Waals surface area contributed by atoms with Crippen molar-refractivity contribution < 1.29 is 14.4 Å². The molecule has 0 fully saturated rings. The summed E-state index contributed by atoms with van der Waals surface area (Å²) in [6, 6.07) is 10.3. The van der Waals surface area contributed by atoms with Crippen molar-refractivity contribution in [3.8, 4) is 0 Å². The fourth-order valence-corrected chi connectivity index (χ4v) is 3.55. The molecule has 0 saturated heterocycles. The van der Waals surface area contributed by atoms with Crippen molar-refractivity contribution in [3.05, 3.63) is 53.1 Å².